The van der Waals surface area contributed by atoms with E-state index in [4.69, 9.17) is 0 Å². The van der Waals surface area contributed by atoms with Crippen LogP contribution in [-0.2, 0) is 0 Å². The number of H-pyrrole nitrogens is 1. The van der Waals surface area contributed by atoms with Crippen LogP contribution < -0.4 is 15.8 Å². The van der Waals surface area contributed by atoms with Crippen molar-refractivity contribution >= 4 is 11.6 Å². The molecule has 1 aliphatic rings. The standard InChI is InChI=1S/C20H22N6O2/c1-14-17(12-22-26(14)18-7-8-19(27)24-23-18)20(28)21-11-15-9-10-25(13-15)16-5-3-2-4-6-16/h2-8,12,15H,9-11,13H2,1H3,(H,21,28)(H,24,27)/t15-/m1/s1. The lowest BCUT2D eigenvalue weighted by Crippen LogP contribution is -2.31. The van der Waals surface area contributed by atoms with E-state index in [9.17, 15) is 9.59 Å². The molecule has 0 aliphatic carbocycles. The predicted octanol–water partition coefficient (Wildman–Crippen LogP) is 1.52. The topological polar surface area (TPSA) is 95.9 Å². The minimum atomic E-state index is -0.285. The van der Waals surface area contributed by atoms with Crippen LogP contribution in [0, 0.1) is 12.8 Å². The quantitative estimate of drug-likeness (QED) is 0.702. The van der Waals surface area contributed by atoms with Crippen LogP contribution in [0.5, 0.6) is 0 Å². The van der Waals surface area contributed by atoms with E-state index in [1.54, 1.807) is 13.0 Å². The summed E-state index contributed by atoms with van der Waals surface area (Å²) in [4.78, 5) is 26.1. The van der Waals surface area contributed by atoms with Crippen molar-refractivity contribution in [1.29, 1.82) is 0 Å². The lowest BCUT2D eigenvalue weighted by molar-refractivity contribution is 0.0947. The molecule has 0 saturated carbocycles. The van der Waals surface area contributed by atoms with Crippen molar-refractivity contribution in [3.05, 3.63) is 70.3 Å². The highest BCUT2D eigenvalue weighted by molar-refractivity contribution is 5.95. The normalized spacial score (nSPS) is 16.3. The second-order valence-corrected chi connectivity index (χ2v) is 6.98. The number of carbonyl (C=O) groups is 1. The Bertz CT molecular complexity index is 1010. The molecule has 144 valence electrons. The SMILES string of the molecule is Cc1c(C(=O)NC[C@H]2CCN(c3ccccc3)C2)cnn1-c1ccc(=O)[nH]n1. The molecule has 1 aliphatic heterocycles. The highest BCUT2D eigenvalue weighted by atomic mass is 16.1. The molecule has 0 radical (unpaired) electrons. The largest absolute Gasteiger partial charge is 0.371 e. The first-order chi connectivity index (χ1) is 13.6. The van der Waals surface area contributed by atoms with E-state index in [1.165, 1.54) is 22.6 Å². The highest BCUT2D eigenvalue weighted by Crippen LogP contribution is 2.23. The molecule has 1 saturated heterocycles. The van der Waals surface area contributed by atoms with Gasteiger partial charge in [-0.05, 0) is 37.5 Å². The Morgan fingerprint density at radius 3 is 2.82 bits per heavy atom. The van der Waals surface area contributed by atoms with Gasteiger partial charge in [0.1, 0.15) is 0 Å². The third kappa shape index (κ3) is 3.66. The summed E-state index contributed by atoms with van der Waals surface area (Å²) >= 11 is 0. The van der Waals surface area contributed by atoms with Gasteiger partial charge in [-0.2, -0.15) is 10.2 Å². The maximum Gasteiger partial charge on any atom is 0.264 e. The molecular formula is C20H22N6O2. The number of hydrogen-bond acceptors (Lipinski definition) is 5. The summed E-state index contributed by atoms with van der Waals surface area (Å²) in [5.74, 6) is 0.733. The average Bonchev–Trinajstić information content (AvgIpc) is 3.34. The molecule has 8 nitrogen and oxygen atoms in total. The van der Waals surface area contributed by atoms with Gasteiger partial charge in [-0.15, -0.1) is 0 Å². The van der Waals surface area contributed by atoms with Crippen molar-refractivity contribution in [2.45, 2.75) is 13.3 Å². The van der Waals surface area contributed by atoms with Crippen LogP contribution >= 0.6 is 0 Å². The number of para-hydroxylation sites is 1. The Hall–Kier alpha value is -3.42. The number of aromatic amines is 1. The summed E-state index contributed by atoms with van der Waals surface area (Å²) in [5, 5.41) is 13.6. The van der Waals surface area contributed by atoms with Crippen molar-refractivity contribution in [1.82, 2.24) is 25.3 Å². The molecule has 1 aromatic carbocycles. The molecule has 3 aromatic rings. The molecule has 0 unspecified atom stereocenters. The van der Waals surface area contributed by atoms with E-state index >= 15 is 0 Å². The smallest absolute Gasteiger partial charge is 0.264 e. The Balaban J connectivity index is 1.37. The summed E-state index contributed by atoms with van der Waals surface area (Å²) in [5.41, 5.74) is 2.12. The number of nitrogens with zero attached hydrogens (tertiary/aromatic N) is 4. The fourth-order valence-corrected chi connectivity index (χ4v) is 3.52. The molecule has 1 amide bonds. The van der Waals surface area contributed by atoms with Gasteiger partial charge in [-0.3, -0.25) is 9.59 Å². The highest BCUT2D eigenvalue weighted by Gasteiger charge is 2.24. The van der Waals surface area contributed by atoms with Crippen LogP contribution in [0.25, 0.3) is 5.82 Å². The number of nitrogens with one attached hydrogen (secondary N) is 2. The molecule has 28 heavy (non-hydrogen) atoms. The lowest BCUT2D eigenvalue weighted by Gasteiger charge is -2.18. The number of rotatable bonds is 5. The number of amides is 1. The van der Waals surface area contributed by atoms with E-state index in [2.05, 4.69) is 37.6 Å². The number of carbonyl (C=O) groups excluding carboxylic acids is 1. The number of aromatic nitrogens is 4. The Morgan fingerprint density at radius 2 is 2.07 bits per heavy atom. The zero-order valence-electron chi connectivity index (χ0n) is 15.6. The maximum absolute atomic E-state index is 12.6. The van der Waals surface area contributed by atoms with Crippen molar-refractivity contribution < 1.29 is 4.79 Å². The molecule has 1 atom stereocenters. The molecule has 3 heterocycles. The van der Waals surface area contributed by atoms with Gasteiger partial charge < -0.3 is 10.2 Å². The second-order valence-electron chi connectivity index (χ2n) is 6.98. The van der Waals surface area contributed by atoms with Crippen LogP contribution in [0.3, 0.4) is 0 Å². The summed E-state index contributed by atoms with van der Waals surface area (Å²) in [6.07, 6.45) is 2.58. The van der Waals surface area contributed by atoms with Gasteiger partial charge >= 0.3 is 0 Å². The van der Waals surface area contributed by atoms with Gasteiger partial charge in [0.2, 0.25) is 0 Å². The van der Waals surface area contributed by atoms with E-state index < -0.39 is 0 Å². The Kier molecular flexibility index (Phi) is 4.92. The van der Waals surface area contributed by atoms with Crippen LogP contribution in [0.1, 0.15) is 22.5 Å². The number of benzene rings is 1. The van der Waals surface area contributed by atoms with Crippen molar-refractivity contribution in [2.75, 3.05) is 24.5 Å². The van der Waals surface area contributed by atoms with E-state index in [-0.39, 0.29) is 11.5 Å². The minimum Gasteiger partial charge on any atom is -0.371 e. The van der Waals surface area contributed by atoms with Crippen LogP contribution in [0.4, 0.5) is 5.69 Å². The van der Waals surface area contributed by atoms with E-state index in [0.29, 0.717) is 29.5 Å². The van der Waals surface area contributed by atoms with Gasteiger partial charge in [0, 0.05) is 31.4 Å². The summed E-state index contributed by atoms with van der Waals surface area (Å²) < 4.78 is 1.54. The minimum absolute atomic E-state index is 0.147. The summed E-state index contributed by atoms with van der Waals surface area (Å²) in [6, 6.07) is 13.3. The van der Waals surface area contributed by atoms with Gasteiger partial charge in [0.05, 0.1) is 17.5 Å². The van der Waals surface area contributed by atoms with Gasteiger partial charge in [0.25, 0.3) is 11.5 Å². The molecule has 0 spiro atoms. The van der Waals surface area contributed by atoms with Crippen LogP contribution in [-0.4, -0.2) is 45.5 Å². The van der Waals surface area contributed by atoms with Gasteiger partial charge in [0.15, 0.2) is 5.82 Å². The van der Waals surface area contributed by atoms with Crippen molar-refractivity contribution in [2.24, 2.45) is 5.92 Å². The van der Waals surface area contributed by atoms with Gasteiger partial charge in [-0.25, -0.2) is 9.78 Å². The van der Waals surface area contributed by atoms with E-state index in [0.717, 1.165) is 19.5 Å². The predicted molar refractivity (Wildman–Crippen MR) is 106 cm³/mol. The molecule has 1 fully saturated rings. The lowest BCUT2D eigenvalue weighted by atomic mass is 10.1. The fourth-order valence-electron chi connectivity index (χ4n) is 3.52. The third-order valence-corrected chi connectivity index (χ3v) is 5.09. The summed E-state index contributed by atoms with van der Waals surface area (Å²) in [7, 11) is 0. The molecular weight excluding hydrogens is 356 g/mol. The zero-order chi connectivity index (χ0) is 19.5. The van der Waals surface area contributed by atoms with Crippen molar-refractivity contribution in [3.63, 3.8) is 0 Å². The molecule has 2 N–H and O–H groups in total. The molecule has 8 heteroatoms. The maximum atomic E-state index is 12.6. The number of hydrogen-bond donors (Lipinski definition) is 2. The molecule has 2 aromatic heterocycles. The van der Waals surface area contributed by atoms with Crippen LogP contribution in [0.2, 0.25) is 0 Å². The first kappa shape index (κ1) is 18.0. The second kappa shape index (κ2) is 7.67. The first-order valence-corrected chi connectivity index (χ1v) is 9.31. The monoisotopic (exact) mass is 378 g/mol. The third-order valence-electron chi connectivity index (χ3n) is 5.09. The van der Waals surface area contributed by atoms with Crippen molar-refractivity contribution in [3.8, 4) is 5.82 Å². The van der Waals surface area contributed by atoms with Crippen LogP contribution in [0.15, 0.2) is 53.5 Å². The van der Waals surface area contributed by atoms with Gasteiger partial charge in [-0.1, -0.05) is 18.2 Å². The Morgan fingerprint density at radius 1 is 1.25 bits per heavy atom. The average molecular weight is 378 g/mol. The fraction of sp³-hybridized carbons (Fsp3) is 0.300. The van der Waals surface area contributed by atoms with E-state index in [1.807, 2.05) is 18.2 Å². The zero-order valence-corrected chi connectivity index (χ0v) is 15.6. The molecule has 4 rings (SSSR count). The summed E-state index contributed by atoms with van der Waals surface area (Å²) in [6.45, 7) is 4.37. The Labute approximate surface area is 162 Å². The first-order valence-electron chi connectivity index (χ1n) is 9.31. The molecule has 0 bridgehead atoms. The number of anilines is 1.